The summed E-state index contributed by atoms with van der Waals surface area (Å²) in [6.45, 7) is 3.18. The smallest absolute Gasteiger partial charge is 0.261 e. The maximum absolute atomic E-state index is 13.0. The van der Waals surface area contributed by atoms with Gasteiger partial charge in [-0.25, -0.2) is 8.78 Å². The van der Waals surface area contributed by atoms with Crippen LogP contribution in [0.3, 0.4) is 0 Å². The molecule has 3 nitrogen and oxygen atoms in total. The van der Waals surface area contributed by atoms with Crippen molar-refractivity contribution in [2.75, 3.05) is 26.2 Å². The number of nitrogens with zero attached hydrogens (tertiary/aromatic N) is 2. The minimum absolute atomic E-state index is 0.0381. The van der Waals surface area contributed by atoms with E-state index in [1.54, 1.807) is 4.90 Å². The van der Waals surface area contributed by atoms with Crippen LogP contribution in [0.25, 0.3) is 0 Å². The predicted molar refractivity (Wildman–Crippen MR) is 51.8 cm³/mol. The van der Waals surface area contributed by atoms with Gasteiger partial charge in [-0.2, -0.15) is 0 Å². The van der Waals surface area contributed by atoms with Crippen LogP contribution in [0, 0.1) is 0 Å². The van der Waals surface area contributed by atoms with E-state index in [0.29, 0.717) is 19.6 Å². The highest BCUT2D eigenvalue weighted by molar-refractivity contribution is 5.73. The summed E-state index contributed by atoms with van der Waals surface area (Å²) < 4.78 is 26.0. The van der Waals surface area contributed by atoms with Crippen LogP contribution in [-0.2, 0) is 4.79 Å². The summed E-state index contributed by atoms with van der Waals surface area (Å²) in [6, 6.07) is 0.141. The van der Waals surface area contributed by atoms with E-state index in [1.807, 2.05) is 4.90 Å². The van der Waals surface area contributed by atoms with Crippen LogP contribution >= 0.6 is 0 Å². The molecule has 1 unspecified atom stereocenters. The second-order valence-corrected chi connectivity index (χ2v) is 4.48. The van der Waals surface area contributed by atoms with Gasteiger partial charge < -0.3 is 4.90 Å². The molecule has 2 saturated heterocycles. The second-order valence-electron chi connectivity index (χ2n) is 4.48. The molecule has 0 spiro atoms. The summed E-state index contributed by atoms with van der Waals surface area (Å²) in [4.78, 5) is 14.7. The summed E-state index contributed by atoms with van der Waals surface area (Å²) >= 11 is 0. The molecule has 86 valence electrons. The summed E-state index contributed by atoms with van der Waals surface area (Å²) in [7, 11) is 0. The Morgan fingerprint density at radius 2 is 2.13 bits per heavy atom. The molecule has 0 N–H and O–H groups in total. The fourth-order valence-corrected chi connectivity index (χ4v) is 2.40. The van der Waals surface area contributed by atoms with E-state index in [-0.39, 0.29) is 24.9 Å². The Hall–Kier alpha value is -0.710. The van der Waals surface area contributed by atoms with Gasteiger partial charge >= 0.3 is 0 Å². The summed E-state index contributed by atoms with van der Waals surface area (Å²) in [5.41, 5.74) is 0. The molecule has 15 heavy (non-hydrogen) atoms. The Labute approximate surface area is 88.0 Å². The van der Waals surface area contributed by atoms with Crippen molar-refractivity contribution in [1.29, 1.82) is 0 Å². The molecule has 2 aliphatic rings. The van der Waals surface area contributed by atoms with Gasteiger partial charge in [0.1, 0.15) is 0 Å². The topological polar surface area (TPSA) is 23.6 Å². The molecule has 2 rings (SSSR count). The summed E-state index contributed by atoms with van der Waals surface area (Å²) in [6.07, 6.45) is 0.791. The van der Waals surface area contributed by atoms with Crippen LogP contribution in [0.4, 0.5) is 8.78 Å². The average molecular weight is 218 g/mol. The highest BCUT2D eigenvalue weighted by Gasteiger charge is 2.42. The zero-order chi connectivity index (χ0) is 11.1. The Balaban J connectivity index is 1.89. The molecule has 0 aliphatic carbocycles. The minimum atomic E-state index is -2.52. The number of carbonyl (C=O) groups excluding carboxylic acids is 1. The Bertz CT molecular complexity index is 270. The fourth-order valence-electron chi connectivity index (χ4n) is 2.40. The van der Waals surface area contributed by atoms with E-state index >= 15 is 0 Å². The van der Waals surface area contributed by atoms with E-state index in [1.165, 1.54) is 6.92 Å². The normalized spacial score (nSPS) is 31.1. The van der Waals surface area contributed by atoms with Crippen LogP contribution in [0.1, 0.15) is 19.8 Å². The minimum Gasteiger partial charge on any atom is -0.341 e. The van der Waals surface area contributed by atoms with E-state index < -0.39 is 5.92 Å². The first-order valence-electron chi connectivity index (χ1n) is 5.35. The number of rotatable bonds is 1. The molecular weight excluding hydrogens is 202 g/mol. The Morgan fingerprint density at radius 3 is 2.60 bits per heavy atom. The van der Waals surface area contributed by atoms with Crippen LogP contribution < -0.4 is 0 Å². The summed E-state index contributed by atoms with van der Waals surface area (Å²) in [5, 5.41) is 0. The van der Waals surface area contributed by atoms with Crippen molar-refractivity contribution >= 4 is 5.91 Å². The van der Waals surface area contributed by atoms with Crippen molar-refractivity contribution < 1.29 is 13.6 Å². The van der Waals surface area contributed by atoms with Crippen molar-refractivity contribution in [3.05, 3.63) is 0 Å². The maximum Gasteiger partial charge on any atom is 0.261 e. The molecule has 0 aromatic heterocycles. The lowest BCUT2D eigenvalue weighted by molar-refractivity contribution is -0.127. The molecule has 2 heterocycles. The van der Waals surface area contributed by atoms with Crippen molar-refractivity contribution in [1.82, 2.24) is 9.80 Å². The first-order chi connectivity index (χ1) is 6.98. The van der Waals surface area contributed by atoms with Crippen LogP contribution in [-0.4, -0.2) is 53.9 Å². The lowest BCUT2D eigenvalue weighted by Crippen LogP contribution is -2.38. The largest absolute Gasteiger partial charge is 0.341 e. The molecule has 0 aromatic carbocycles. The van der Waals surface area contributed by atoms with Gasteiger partial charge in [-0.15, -0.1) is 0 Å². The third-order valence-corrected chi connectivity index (χ3v) is 3.32. The zero-order valence-electron chi connectivity index (χ0n) is 8.88. The van der Waals surface area contributed by atoms with Gasteiger partial charge in [0.15, 0.2) is 0 Å². The van der Waals surface area contributed by atoms with Gasteiger partial charge in [-0.05, 0) is 6.42 Å². The fraction of sp³-hybridized carbons (Fsp3) is 0.900. The zero-order valence-corrected chi connectivity index (χ0v) is 8.88. The molecule has 0 radical (unpaired) electrons. The molecule has 0 bridgehead atoms. The quantitative estimate of drug-likeness (QED) is 0.654. The number of hydrogen-bond donors (Lipinski definition) is 0. The Kier molecular flexibility index (Phi) is 2.66. The third kappa shape index (κ3) is 2.27. The van der Waals surface area contributed by atoms with Gasteiger partial charge in [0.25, 0.3) is 5.92 Å². The van der Waals surface area contributed by atoms with Crippen LogP contribution in [0.2, 0.25) is 0 Å². The van der Waals surface area contributed by atoms with Gasteiger partial charge in [-0.3, -0.25) is 9.69 Å². The van der Waals surface area contributed by atoms with Crippen LogP contribution in [0.5, 0.6) is 0 Å². The number of likely N-dealkylation sites (tertiary alicyclic amines) is 2. The van der Waals surface area contributed by atoms with Crippen LogP contribution in [0.15, 0.2) is 0 Å². The molecular formula is C10H16F2N2O. The monoisotopic (exact) mass is 218 g/mol. The van der Waals surface area contributed by atoms with Crippen molar-refractivity contribution in [3.8, 4) is 0 Å². The van der Waals surface area contributed by atoms with Gasteiger partial charge in [0.2, 0.25) is 5.91 Å². The van der Waals surface area contributed by atoms with Gasteiger partial charge in [0.05, 0.1) is 6.54 Å². The molecule has 1 amide bonds. The molecule has 0 saturated carbocycles. The van der Waals surface area contributed by atoms with Gasteiger partial charge in [0, 0.05) is 39.0 Å². The van der Waals surface area contributed by atoms with Gasteiger partial charge in [-0.1, -0.05) is 0 Å². The molecule has 1 atom stereocenters. The second kappa shape index (κ2) is 3.70. The summed E-state index contributed by atoms with van der Waals surface area (Å²) in [5.74, 6) is -2.48. The lowest BCUT2D eigenvalue weighted by Gasteiger charge is -2.23. The standard InChI is InChI=1S/C10H16F2N2O/c1-8(15)13-4-2-9(6-13)14-5-3-10(11,12)7-14/h9H,2-7H2,1H3. The van der Waals surface area contributed by atoms with Crippen molar-refractivity contribution in [2.24, 2.45) is 0 Å². The van der Waals surface area contributed by atoms with E-state index in [4.69, 9.17) is 0 Å². The lowest BCUT2D eigenvalue weighted by atomic mass is 10.2. The van der Waals surface area contributed by atoms with E-state index in [9.17, 15) is 13.6 Å². The SMILES string of the molecule is CC(=O)N1CCC(N2CCC(F)(F)C2)C1. The molecule has 2 aliphatic heterocycles. The molecule has 5 heteroatoms. The molecule has 2 fully saturated rings. The van der Waals surface area contributed by atoms with E-state index in [0.717, 1.165) is 6.42 Å². The molecule has 0 aromatic rings. The highest BCUT2D eigenvalue weighted by Crippen LogP contribution is 2.30. The third-order valence-electron chi connectivity index (χ3n) is 3.32. The van der Waals surface area contributed by atoms with E-state index in [2.05, 4.69) is 0 Å². The number of alkyl halides is 2. The first kappa shape index (κ1) is 10.8. The van der Waals surface area contributed by atoms with Crippen molar-refractivity contribution in [3.63, 3.8) is 0 Å². The number of amides is 1. The number of hydrogen-bond acceptors (Lipinski definition) is 2. The predicted octanol–water partition coefficient (Wildman–Crippen LogP) is 0.948. The van der Waals surface area contributed by atoms with Crippen molar-refractivity contribution in [2.45, 2.75) is 31.7 Å². The number of halogens is 2. The highest BCUT2D eigenvalue weighted by atomic mass is 19.3. The maximum atomic E-state index is 13.0. The first-order valence-corrected chi connectivity index (χ1v) is 5.35. The number of carbonyl (C=O) groups is 1. The Morgan fingerprint density at radius 1 is 1.40 bits per heavy atom. The average Bonchev–Trinajstić information content (AvgIpc) is 2.70.